The van der Waals surface area contributed by atoms with Crippen LogP contribution in [0, 0.1) is 0 Å². The Morgan fingerprint density at radius 3 is 2.28 bits per heavy atom. The van der Waals surface area contributed by atoms with Crippen LogP contribution in [0.2, 0.25) is 18.1 Å². The minimum Gasteiger partial charge on any atom is -0.414 e. The maximum Gasteiger partial charge on any atom is 0.192 e. The Bertz CT molecular complexity index is 410. The van der Waals surface area contributed by atoms with Gasteiger partial charge in [-0.05, 0) is 18.1 Å². The number of hydrogen-bond acceptors (Lipinski definition) is 7. The third-order valence-corrected chi connectivity index (χ3v) is 9.40. The lowest BCUT2D eigenvalue weighted by atomic mass is 9.99. The Hall–Kier alpha value is -0.323. The van der Waals surface area contributed by atoms with Crippen molar-refractivity contribution in [2.24, 2.45) is 0 Å². The molecule has 7 nitrogen and oxygen atoms in total. The second-order valence-corrected chi connectivity index (χ2v) is 12.6. The standard InChI is InChI=1S/C17H34O7Si/c1-7-8-21-15-13(19)12(11-18)24-16(14(15)20)22-9-10-23-25(5,6)17(2,3)4/h7,12-16,18-20H,1,8-11H2,2-6H3/t12-,13-,14-,15+,16-/m1/s1. The van der Waals surface area contributed by atoms with Crippen molar-refractivity contribution in [2.45, 2.75) is 69.6 Å². The predicted molar refractivity (Wildman–Crippen MR) is 96.8 cm³/mol. The maximum atomic E-state index is 10.3. The molecule has 0 amide bonds. The average Bonchev–Trinajstić information content (AvgIpc) is 2.52. The minimum absolute atomic E-state index is 0.101. The summed E-state index contributed by atoms with van der Waals surface area (Å²) in [6.45, 7) is 14.7. The third kappa shape index (κ3) is 6.11. The second-order valence-electron chi connectivity index (χ2n) is 7.77. The van der Waals surface area contributed by atoms with Crippen LogP contribution in [0.15, 0.2) is 12.7 Å². The summed E-state index contributed by atoms with van der Waals surface area (Å²) in [7, 11) is -1.87. The van der Waals surface area contributed by atoms with E-state index in [2.05, 4.69) is 40.4 Å². The zero-order chi connectivity index (χ0) is 19.3. The number of aliphatic hydroxyl groups excluding tert-OH is 3. The molecule has 1 fully saturated rings. The van der Waals surface area contributed by atoms with Crippen molar-refractivity contribution in [1.82, 2.24) is 0 Å². The SMILES string of the molecule is C=CCO[C@@H]1[C@@H](O)[C@H](OCCO[Si](C)(C)C(C)(C)C)O[C@H](CO)[C@H]1O. The molecule has 0 aromatic rings. The molecule has 1 aliphatic rings. The molecular weight excluding hydrogens is 344 g/mol. The summed E-state index contributed by atoms with van der Waals surface area (Å²) >= 11 is 0. The molecule has 25 heavy (non-hydrogen) atoms. The Labute approximate surface area is 151 Å². The van der Waals surface area contributed by atoms with Gasteiger partial charge in [0.2, 0.25) is 0 Å². The molecule has 1 aliphatic heterocycles. The lowest BCUT2D eigenvalue weighted by molar-refractivity contribution is -0.307. The van der Waals surface area contributed by atoms with Gasteiger partial charge in [0.15, 0.2) is 14.6 Å². The molecule has 148 valence electrons. The Kier molecular flexibility index (Phi) is 8.69. The summed E-state index contributed by atoms with van der Waals surface area (Å²) in [6.07, 6.45) is -3.61. The average molecular weight is 379 g/mol. The van der Waals surface area contributed by atoms with E-state index in [1.165, 1.54) is 6.08 Å². The molecule has 1 rings (SSSR count). The van der Waals surface area contributed by atoms with E-state index >= 15 is 0 Å². The van der Waals surface area contributed by atoms with Gasteiger partial charge in [-0.25, -0.2) is 0 Å². The lowest BCUT2D eigenvalue weighted by Crippen LogP contribution is -2.60. The van der Waals surface area contributed by atoms with Crippen molar-refractivity contribution in [3.63, 3.8) is 0 Å². The molecule has 3 N–H and O–H groups in total. The van der Waals surface area contributed by atoms with Crippen LogP contribution in [0.3, 0.4) is 0 Å². The molecule has 0 saturated carbocycles. The van der Waals surface area contributed by atoms with E-state index in [0.717, 1.165) is 0 Å². The molecular formula is C17H34O7Si. The van der Waals surface area contributed by atoms with E-state index in [-0.39, 0.29) is 18.3 Å². The Balaban J connectivity index is 2.57. The summed E-state index contributed by atoms with van der Waals surface area (Å²) in [6, 6.07) is 0. The zero-order valence-electron chi connectivity index (χ0n) is 16.0. The highest BCUT2D eigenvalue weighted by molar-refractivity contribution is 6.74. The van der Waals surface area contributed by atoms with Crippen LogP contribution in [-0.4, -0.2) is 80.8 Å². The van der Waals surface area contributed by atoms with Crippen LogP contribution in [0.5, 0.6) is 0 Å². The van der Waals surface area contributed by atoms with Crippen molar-refractivity contribution in [2.75, 3.05) is 26.4 Å². The first-order valence-electron chi connectivity index (χ1n) is 8.65. The summed E-state index contributed by atoms with van der Waals surface area (Å²) in [5.74, 6) is 0. The van der Waals surface area contributed by atoms with Crippen LogP contribution >= 0.6 is 0 Å². The summed E-state index contributed by atoms with van der Waals surface area (Å²) in [5.41, 5.74) is 0. The van der Waals surface area contributed by atoms with Crippen molar-refractivity contribution in [3.05, 3.63) is 12.7 Å². The summed E-state index contributed by atoms with van der Waals surface area (Å²) in [5, 5.41) is 29.9. The molecule has 0 spiro atoms. The van der Waals surface area contributed by atoms with Gasteiger partial charge in [-0.2, -0.15) is 0 Å². The number of hydrogen-bond donors (Lipinski definition) is 3. The highest BCUT2D eigenvalue weighted by atomic mass is 28.4. The van der Waals surface area contributed by atoms with E-state index in [4.69, 9.17) is 18.6 Å². The molecule has 0 bridgehead atoms. The van der Waals surface area contributed by atoms with Crippen molar-refractivity contribution >= 4 is 8.32 Å². The fourth-order valence-corrected chi connectivity index (χ4v) is 3.27. The van der Waals surface area contributed by atoms with E-state index in [1.54, 1.807) is 0 Å². The van der Waals surface area contributed by atoms with Gasteiger partial charge in [-0.1, -0.05) is 26.8 Å². The quantitative estimate of drug-likeness (QED) is 0.313. The Morgan fingerprint density at radius 1 is 1.12 bits per heavy atom. The summed E-state index contributed by atoms with van der Waals surface area (Å²) in [4.78, 5) is 0. The van der Waals surface area contributed by atoms with Gasteiger partial charge in [0, 0.05) is 0 Å². The smallest absolute Gasteiger partial charge is 0.192 e. The van der Waals surface area contributed by atoms with Gasteiger partial charge in [-0.15, -0.1) is 6.58 Å². The van der Waals surface area contributed by atoms with Crippen LogP contribution < -0.4 is 0 Å². The van der Waals surface area contributed by atoms with Gasteiger partial charge in [0.25, 0.3) is 0 Å². The predicted octanol–water partition coefficient (Wildman–Crippen LogP) is 1.03. The fraction of sp³-hybridized carbons (Fsp3) is 0.882. The topological polar surface area (TPSA) is 97.6 Å². The molecule has 1 saturated heterocycles. The van der Waals surface area contributed by atoms with Gasteiger partial charge in [-0.3, -0.25) is 0 Å². The first kappa shape index (κ1) is 22.7. The third-order valence-electron chi connectivity index (χ3n) is 4.86. The first-order chi connectivity index (χ1) is 11.5. The van der Waals surface area contributed by atoms with E-state index in [0.29, 0.717) is 6.61 Å². The monoisotopic (exact) mass is 378 g/mol. The number of aliphatic hydroxyl groups is 3. The number of rotatable bonds is 9. The van der Waals surface area contributed by atoms with Crippen LogP contribution in [0.1, 0.15) is 20.8 Å². The van der Waals surface area contributed by atoms with Crippen LogP contribution in [0.4, 0.5) is 0 Å². The minimum atomic E-state index is -1.87. The van der Waals surface area contributed by atoms with Crippen molar-refractivity contribution in [3.8, 4) is 0 Å². The highest BCUT2D eigenvalue weighted by Crippen LogP contribution is 2.36. The molecule has 5 atom stereocenters. The molecule has 0 unspecified atom stereocenters. The van der Waals surface area contributed by atoms with E-state index in [9.17, 15) is 15.3 Å². The number of ether oxygens (including phenoxy) is 3. The lowest BCUT2D eigenvalue weighted by Gasteiger charge is -2.41. The van der Waals surface area contributed by atoms with Gasteiger partial charge >= 0.3 is 0 Å². The van der Waals surface area contributed by atoms with Crippen LogP contribution in [0.25, 0.3) is 0 Å². The van der Waals surface area contributed by atoms with Gasteiger partial charge < -0.3 is 34.0 Å². The largest absolute Gasteiger partial charge is 0.414 e. The molecule has 0 aliphatic carbocycles. The molecule has 0 aromatic carbocycles. The van der Waals surface area contributed by atoms with Gasteiger partial charge in [0.05, 0.1) is 26.4 Å². The fourth-order valence-electron chi connectivity index (χ4n) is 2.24. The first-order valence-corrected chi connectivity index (χ1v) is 11.6. The normalized spacial score (nSPS) is 31.1. The van der Waals surface area contributed by atoms with Gasteiger partial charge in [0.1, 0.15) is 24.4 Å². The molecule has 0 radical (unpaired) electrons. The summed E-state index contributed by atoms with van der Waals surface area (Å²) < 4.78 is 22.5. The van der Waals surface area contributed by atoms with Crippen molar-refractivity contribution < 1.29 is 34.0 Å². The molecule has 8 heteroatoms. The zero-order valence-corrected chi connectivity index (χ0v) is 17.0. The Morgan fingerprint density at radius 2 is 1.76 bits per heavy atom. The van der Waals surface area contributed by atoms with E-state index in [1.807, 2.05) is 0 Å². The van der Waals surface area contributed by atoms with E-state index < -0.39 is 45.6 Å². The van der Waals surface area contributed by atoms with Crippen molar-refractivity contribution in [1.29, 1.82) is 0 Å². The highest BCUT2D eigenvalue weighted by Gasteiger charge is 2.45. The molecule has 1 heterocycles. The second kappa shape index (κ2) is 9.57. The molecule has 0 aromatic heterocycles. The maximum absolute atomic E-state index is 10.3. The van der Waals surface area contributed by atoms with Crippen LogP contribution in [-0.2, 0) is 18.6 Å².